The molecule has 0 aromatic rings. The van der Waals surface area contributed by atoms with E-state index < -0.39 is 11.0 Å². The molecule has 0 saturated heterocycles. The van der Waals surface area contributed by atoms with E-state index >= 15 is 0 Å². The molecular weight excluding hydrogens is 184 g/mol. The topological polar surface area (TPSA) is 69.7 Å². The molecule has 0 unspecified atom stereocenters. The third kappa shape index (κ3) is 7.49. The molecule has 0 aliphatic heterocycles. The van der Waals surface area contributed by atoms with E-state index in [9.17, 15) is 13.2 Å². The van der Waals surface area contributed by atoms with Crippen LogP contribution >= 0.6 is 0 Å². The van der Waals surface area contributed by atoms with Gasteiger partial charge in [0.25, 0.3) is 11.0 Å². The van der Waals surface area contributed by atoms with Gasteiger partial charge in [-0.05, 0) is 6.42 Å². The van der Waals surface area contributed by atoms with Gasteiger partial charge < -0.3 is 4.74 Å². The Morgan fingerprint density at radius 1 is 1.33 bits per heavy atom. The maximum absolute atomic E-state index is 10.7. The summed E-state index contributed by atoms with van der Waals surface area (Å²) < 4.78 is 28.4. The van der Waals surface area contributed by atoms with Crippen molar-refractivity contribution in [1.82, 2.24) is 0 Å². The van der Waals surface area contributed by atoms with E-state index in [1.807, 2.05) is 6.92 Å². The number of carbonyl (C=O) groups excluding carboxylic acids is 1. The normalized spacial score (nSPS) is 10.2. The van der Waals surface area contributed by atoms with E-state index in [1.54, 1.807) is 0 Å². The SMILES string of the molecule is CCCC(=O)OCCO[SH](=O)=O. The Morgan fingerprint density at radius 3 is 2.50 bits per heavy atom. The van der Waals surface area contributed by atoms with Crippen LogP contribution in [0.1, 0.15) is 19.8 Å². The second-order valence-corrected chi connectivity index (χ2v) is 2.73. The number of thiol groups is 1. The first kappa shape index (κ1) is 11.4. The quantitative estimate of drug-likeness (QED) is 0.364. The maximum atomic E-state index is 10.7. The van der Waals surface area contributed by atoms with Gasteiger partial charge in [0.2, 0.25) is 0 Å². The maximum Gasteiger partial charge on any atom is 0.305 e. The lowest BCUT2D eigenvalue weighted by Crippen LogP contribution is -2.09. The van der Waals surface area contributed by atoms with E-state index in [4.69, 9.17) is 0 Å². The molecule has 0 saturated carbocycles. The Bertz CT molecular complexity index is 190. The second-order valence-electron chi connectivity index (χ2n) is 2.03. The second kappa shape index (κ2) is 7.05. The summed E-state index contributed by atoms with van der Waals surface area (Å²) in [4.78, 5) is 10.7. The van der Waals surface area contributed by atoms with Crippen LogP contribution in [0.4, 0.5) is 0 Å². The standard InChI is InChI=1S/C6H12O5S/c1-2-3-6(7)10-4-5-11-12(8)9/h12H,2-5H2,1H3. The Hall–Kier alpha value is -0.620. The van der Waals surface area contributed by atoms with Gasteiger partial charge in [0.1, 0.15) is 13.2 Å². The Kier molecular flexibility index (Phi) is 6.69. The summed E-state index contributed by atoms with van der Waals surface area (Å²) in [7, 11) is -2.83. The van der Waals surface area contributed by atoms with Crippen molar-refractivity contribution in [3.8, 4) is 0 Å². The summed E-state index contributed by atoms with van der Waals surface area (Å²) in [6.45, 7) is 1.74. The molecule has 0 heterocycles. The largest absolute Gasteiger partial charge is 0.463 e. The van der Waals surface area contributed by atoms with Crippen LogP contribution in [0.3, 0.4) is 0 Å². The highest BCUT2D eigenvalue weighted by atomic mass is 32.2. The fraction of sp³-hybridized carbons (Fsp3) is 0.833. The first-order valence-electron chi connectivity index (χ1n) is 3.59. The summed E-state index contributed by atoms with van der Waals surface area (Å²) in [5.41, 5.74) is 0. The Balaban J connectivity index is 3.25. The van der Waals surface area contributed by atoms with Crippen molar-refractivity contribution >= 4 is 17.0 Å². The lowest BCUT2D eigenvalue weighted by Gasteiger charge is -2.00. The predicted octanol–water partition coefficient (Wildman–Crippen LogP) is -0.127. The zero-order chi connectivity index (χ0) is 9.40. The average Bonchev–Trinajstić information content (AvgIpc) is 1.98. The zero-order valence-corrected chi connectivity index (χ0v) is 7.71. The molecule has 5 nitrogen and oxygen atoms in total. The molecular formula is C6H12O5S. The third-order valence-corrected chi connectivity index (χ3v) is 1.39. The van der Waals surface area contributed by atoms with Crippen LogP contribution in [0.5, 0.6) is 0 Å². The lowest BCUT2D eigenvalue weighted by molar-refractivity contribution is -0.144. The van der Waals surface area contributed by atoms with Gasteiger partial charge in [0, 0.05) is 6.42 Å². The molecule has 12 heavy (non-hydrogen) atoms. The van der Waals surface area contributed by atoms with Gasteiger partial charge in [-0.2, -0.15) is 0 Å². The predicted molar refractivity (Wildman–Crippen MR) is 42.1 cm³/mol. The minimum atomic E-state index is -2.83. The van der Waals surface area contributed by atoms with E-state index in [0.717, 1.165) is 6.42 Å². The summed E-state index contributed by atoms with van der Waals surface area (Å²) in [6, 6.07) is 0. The number of rotatable bonds is 6. The number of hydrogen-bond acceptors (Lipinski definition) is 5. The molecule has 0 radical (unpaired) electrons. The van der Waals surface area contributed by atoms with Gasteiger partial charge in [-0.25, -0.2) is 8.42 Å². The molecule has 0 rings (SSSR count). The van der Waals surface area contributed by atoms with Gasteiger partial charge in [-0.15, -0.1) is 0 Å². The molecule has 0 amide bonds. The number of esters is 1. The van der Waals surface area contributed by atoms with Crippen LogP contribution in [-0.4, -0.2) is 27.6 Å². The van der Waals surface area contributed by atoms with Crippen molar-refractivity contribution in [2.24, 2.45) is 0 Å². The monoisotopic (exact) mass is 196 g/mol. The van der Waals surface area contributed by atoms with E-state index in [-0.39, 0.29) is 19.2 Å². The van der Waals surface area contributed by atoms with Crippen molar-refractivity contribution in [1.29, 1.82) is 0 Å². The van der Waals surface area contributed by atoms with Crippen LogP contribution < -0.4 is 0 Å². The van der Waals surface area contributed by atoms with Gasteiger partial charge >= 0.3 is 5.97 Å². The molecule has 0 spiro atoms. The van der Waals surface area contributed by atoms with Crippen LogP contribution in [0.2, 0.25) is 0 Å². The molecule has 0 atom stereocenters. The van der Waals surface area contributed by atoms with E-state index in [1.165, 1.54) is 0 Å². The number of ether oxygens (including phenoxy) is 1. The van der Waals surface area contributed by atoms with Crippen LogP contribution in [0, 0.1) is 0 Å². The fourth-order valence-corrected chi connectivity index (χ4v) is 0.767. The summed E-state index contributed by atoms with van der Waals surface area (Å²) in [5, 5.41) is 0. The highest BCUT2D eigenvalue weighted by Crippen LogP contribution is 1.90. The summed E-state index contributed by atoms with van der Waals surface area (Å²) in [6.07, 6.45) is 1.07. The Labute approximate surface area is 72.8 Å². The molecule has 0 N–H and O–H groups in total. The minimum Gasteiger partial charge on any atom is -0.463 e. The van der Waals surface area contributed by atoms with Crippen molar-refractivity contribution in [3.63, 3.8) is 0 Å². The molecule has 0 aliphatic rings. The van der Waals surface area contributed by atoms with Gasteiger partial charge in [0.15, 0.2) is 0 Å². The lowest BCUT2D eigenvalue weighted by atomic mass is 10.3. The molecule has 6 heteroatoms. The van der Waals surface area contributed by atoms with Crippen molar-refractivity contribution in [3.05, 3.63) is 0 Å². The van der Waals surface area contributed by atoms with Gasteiger partial charge in [-0.3, -0.25) is 8.98 Å². The number of hydrogen-bond donors (Lipinski definition) is 1. The zero-order valence-electron chi connectivity index (χ0n) is 6.82. The molecule has 0 bridgehead atoms. The number of carbonyl (C=O) groups is 1. The highest BCUT2D eigenvalue weighted by Gasteiger charge is 1.99. The van der Waals surface area contributed by atoms with Gasteiger partial charge in [-0.1, -0.05) is 6.92 Å². The smallest absolute Gasteiger partial charge is 0.305 e. The summed E-state index contributed by atoms with van der Waals surface area (Å²) >= 11 is 0. The minimum absolute atomic E-state index is 0.0118. The van der Waals surface area contributed by atoms with Crippen LogP contribution in [0.25, 0.3) is 0 Å². The Morgan fingerprint density at radius 2 is 2.00 bits per heavy atom. The summed E-state index contributed by atoms with van der Waals surface area (Å²) in [5.74, 6) is -0.331. The fourth-order valence-electron chi connectivity index (χ4n) is 0.544. The van der Waals surface area contributed by atoms with E-state index in [2.05, 4.69) is 8.92 Å². The molecule has 0 aliphatic carbocycles. The van der Waals surface area contributed by atoms with Crippen molar-refractivity contribution in [2.45, 2.75) is 19.8 Å². The van der Waals surface area contributed by atoms with Crippen LogP contribution in [0.15, 0.2) is 0 Å². The molecule has 0 aromatic heterocycles. The highest BCUT2D eigenvalue weighted by molar-refractivity contribution is 7.67. The third-order valence-electron chi connectivity index (χ3n) is 0.997. The van der Waals surface area contributed by atoms with Crippen molar-refractivity contribution < 1.29 is 22.1 Å². The van der Waals surface area contributed by atoms with Gasteiger partial charge in [0.05, 0.1) is 0 Å². The van der Waals surface area contributed by atoms with Crippen molar-refractivity contribution in [2.75, 3.05) is 13.2 Å². The van der Waals surface area contributed by atoms with E-state index in [0.29, 0.717) is 6.42 Å². The average molecular weight is 196 g/mol. The molecule has 0 fully saturated rings. The molecule has 72 valence electrons. The first-order valence-corrected chi connectivity index (χ1v) is 4.69. The molecule has 0 aromatic carbocycles. The first-order chi connectivity index (χ1) is 5.66. The van der Waals surface area contributed by atoms with Crippen LogP contribution in [-0.2, 0) is 24.7 Å².